The third-order valence-corrected chi connectivity index (χ3v) is 4.59. The predicted octanol–water partition coefficient (Wildman–Crippen LogP) is 2.56. The molecular weight excluding hydrogens is 224 g/mol. The third kappa shape index (κ3) is 3.98. The molecule has 1 saturated heterocycles. The van der Waals surface area contributed by atoms with E-state index >= 15 is 0 Å². The highest BCUT2D eigenvalue weighted by Gasteiger charge is 2.37. The Balaban J connectivity index is 2.53. The fourth-order valence-corrected chi connectivity index (χ4v) is 2.33. The van der Waals surface area contributed by atoms with Gasteiger partial charge in [-0.1, -0.05) is 34.6 Å². The molecule has 0 bridgehead atoms. The minimum atomic E-state index is -0.267. The average molecular weight is 254 g/mol. The van der Waals surface area contributed by atoms with Gasteiger partial charge >= 0.3 is 0 Å². The van der Waals surface area contributed by atoms with E-state index in [1.165, 1.54) is 6.42 Å². The molecule has 0 saturated carbocycles. The van der Waals surface area contributed by atoms with Crippen LogP contribution in [0.4, 0.5) is 0 Å². The van der Waals surface area contributed by atoms with E-state index in [1.54, 1.807) is 0 Å². The van der Waals surface area contributed by atoms with Crippen molar-refractivity contribution in [2.75, 3.05) is 19.6 Å². The second-order valence-electron chi connectivity index (χ2n) is 6.97. The van der Waals surface area contributed by atoms with Gasteiger partial charge < -0.3 is 10.6 Å². The Kier molecular flexibility index (Phi) is 5.20. The van der Waals surface area contributed by atoms with Gasteiger partial charge in [-0.3, -0.25) is 4.79 Å². The first-order valence-corrected chi connectivity index (χ1v) is 7.28. The van der Waals surface area contributed by atoms with E-state index in [2.05, 4.69) is 45.3 Å². The lowest BCUT2D eigenvalue weighted by molar-refractivity contribution is -0.133. The topological polar surface area (TPSA) is 41.1 Å². The molecule has 3 nitrogen and oxygen atoms in total. The van der Waals surface area contributed by atoms with E-state index in [-0.39, 0.29) is 16.7 Å². The number of rotatable bonds is 5. The number of carbonyl (C=O) groups excluding carboxylic acids is 1. The zero-order valence-electron chi connectivity index (χ0n) is 12.7. The van der Waals surface area contributed by atoms with Crippen molar-refractivity contribution >= 4 is 5.91 Å². The van der Waals surface area contributed by atoms with Gasteiger partial charge in [0.2, 0.25) is 5.91 Å². The van der Waals surface area contributed by atoms with Crippen LogP contribution >= 0.6 is 0 Å². The molecule has 3 heteroatoms. The van der Waals surface area contributed by atoms with E-state index in [1.807, 2.05) is 0 Å². The van der Waals surface area contributed by atoms with Gasteiger partial charge in [-0.25, -0.2) is 0 Å². The molecule has 1 heterocycles. The van der Waals surface area contributed by atoms with Gasteiger partial charge in [0.1, 0.15) is 0 Å². The Morgan fingerprint density at radius 1 is 1.33 bits per heavy atom. The fourth-order valence-electron chi connectivity index (χ4n) is 2.33. The quantitative estimate of drug-likeness (QED) is 0.791. The number of piperidine rings is 1. The summed E-state index contributed by atoms with van der Waals surface area (Å²) in [5.41, 5.74) is -0.0756. The molecule has 18 heavy (non-hydrogen) atoms. The Labute approximate surface area is 112 Å². The van der Waals surface area contributed by atoms with E-state index in [0.29, 0.717) is 5.92 Å². The number of amides is 1. The first-order chi connectivity index (χ1) is 8.29. The van der Waals surface area contributed by atoms with Crippen LogP contribution in [0.2, 0.25) is 0 Å². The smallest absolute Gasteiger partial charge is 0.226 e. The molecule has 0 aromatic rings. The molecule has 1 aliphatic rings. The molecule has 0 aliphatic carbocycles. The van der Waals surface area contributed by atoms with Crippen LogP contribution < -0.4 is 10.6 Å². The van der Waals surface area contributed by atoms with Crippen molar-refractivity contribution in [3.63, 3.8) is 0 Å². The lowest BCUT2D eigenvalue weighted by Crippen LogP contribution is -2.48. The molecule has 1 atom stereocenters. The summed E-state index contributed by atoms with van der Waals surface area (Å²) < 4.78 is 0. The molecule has 0 aromatic heterocycles. The van der Waals surface area contributed by atoms with Crippen LogP contribution in [-0.4, -0.2) is 25.5 Å². The highest BCUT2D eigenvalue weighted by atomic mass is 16.2. The monoisotopic (exact) mass is 254 g/mol. The van der Waals surface area contributed by atoms with Crippen molar-refractivity contribution in [3.8, 4) is 0 Å². The Morgan fingerprint density at radius 2 is 2.00 bits per heavy atom. The van der Waals surface area contributed by atoms with E-state index < -0.39 is 0 Å². The third-order valence-electron chi connectivity index (χ3n) is 4.59. The van der Waals surface area contributed by atoms with Crippen LogP contribution in [0, 0.1) is 16.7 Å². The number of hydrogen-bond acceptors (Lipinski definition) is 2. The lowest BCUT2D eigenvalue weighted by Gasteiger charge is -2.37. The molecule has 106 valence electrons. The van der Waals surface area contributed by atoms with Crippen molar-refractivity contribution in [1.82, 2.24) is 10.6 Å². The molecule has 1 fully saturated rings. The first-order valence-electron chi connectivity index (χ1n) is 7.28. The molecule has 0 spiro atoms. The molecule has 0 aromatic carbocycles. The summed E-state index contributed by atoms with van der Waals surface area (Å²) >= 11 is 0. The maximum Gasteiger partial charge on any atom is 0.226 e. The summed E-state index contributed by atoms with van der Waals surface area (Å²) in [7, 11) is 0. The van der Waals surface area contributed by atoms with Gasteiger partial charge in [-0.2, -0.15) is 0 Å². The summed E-state index contributed by atoms with van der Waals surface area (Å²) in [5.74, 6) is 0.661. The number of carbonyl (C=O) groups is 1. The number of nitrogens with one attached hydrogen (secondary N) is 2. The molecule has 1 aliphatic heterocycles. The van der Waals surface area contributed by atoms with Crippen molar-refractivity contribution in [3.05, 3.63) is 0 Å². The van der Waals surface area contributed by atoms with Crippen molar-refractivity contribution in [1.29, 1.82) is 0 Å². The summed E-state index contributed by atoms with van der Waals surface area (Å²) in [6, 6.07) is 0. The zero-order valence-corrected chi connectivity index (χ0v) is 12.7. The fraction of sp³-hybridized carbons (Fsp3) is 0.933. The largest absolute Gasteiger partial charge is 0.355 e. The van der Waals surface area contributed by atoms with Crippen LogP contribution in [-0.2, 0) is 4.79 Å². The molecular formula is C15H30N2O. The minimum absolute atomic E-state index is 0.191. The molecule has 0 radical (unpaired) electrons. The number of hydrogen-bond donors (Lipinski definition) is 2. The Hall–Kier alpha value is -0.570. The maximum absolute atomic E-state index is 12.4. The second kappa shape index (κ2) is 6.05. The van der Waals surface area contributed by atoms with Gasteiger partial charge in [0.05, 0.1) is 0 Å². The highest BCUT2D eigenvalue weighted by molar-refractivity contribution is 5.82. The van der Waals surface area contributed by atoms with E-state index in [9.17, 15) is 4.79 Å². The molecule has 2 N–H and O–H groups in total. The lowest BCUT2D eigenvalue weighted by atomic mass is 9.74. The zero-order chi connectivity index (χ0) is 13.8. The molecule has 1 unspecified atom stereocenters. The van der Waals surface area contributed by atoms with Crippen molar-refractivity contribution in [2.45, 2.75) is 53.9 Å². The first kappa shape index (κ1) is 15.5. The van der Waals surface area contributed by atoms with Crippen LogP contribution in [0.5, 0.6) is 0 Å². The SMILES string of the molecule is CCC(C)(C)CNC(=O)C(C)(C)C1CCCNC1. The summed E-state index contributed by atoms with van der Waals surface area (Å²) in [5, 5.41) is 6.54. The van der Waals surface area contributed by atoms with Crippen LogP contribution in [0.15, 0.2) is 0 Å². The van der Waals surface area contributed by atoms with Crippen LogP contribution in [0.1, 0.15) is 53.9 Å². The Morgan fingerprint density at radius 3 is 2.50 bits per heavy atom. The summed E-state index contributed by atoms with van der Waals surface area (Å²) in [4.78, 5) is 12.4. The standard InChI is InChI=1S/C15H30N2O/c1-6-14(2,3)11-17-13(18)15(4,5)12-8-7-9-16-10-12/h12,16H,6-11H2,1-5H3,(H,17,18). The summed E-state index contributed by atoms with van der Waals surface area (Å²) in [6.45, 7) is 13.6. The summed E-state index contributed by atoms with van der Waals surface area (Å²) in [6.07, 6.45) is 3.42. The van der Waals surface area contributed by atoms with E-state index in [0.717, 1.165) is 32.5 Å². The predicted molar refractivity (Wildman–Crippen MR) is 76.5 cm³/mol. The minimum Gasteiger partial charge on any atom is -0.355 e. The van der Waals surface area contributed by atoms with Gasteiger partial charge in [-0.05, 0) is 43.7 Å². The van der Waals surface area contributed by atoms with Crippen LogP contribution in [0.3, 0.4) is 0 Å². The van der Waals surface area contributed by atoms with Crippen molar-refractivity contribution < 1.29 is 4.79 Å². The van der Waals surface area contributed by atoms with Gasteiger partial charge in [0.25, 0.3) is 0 Å². The normalized spacial score (nSPS) is 21.7. The van der Waals surface area contributed by atoms with Gasteiger partial charge in [-0.15, -0.1) is 0 Å². The average Bonchev–Trinajstić information content (AvgIpc) is 2.37. The van der Waals surface area contributed by atoms with Gasteiger partial charge in [0, 0.05) is 12.0 Å². The second-order valence-corrected chi connectivity index (χ2v) is 6.97. The van der Waals surface area contributed by atoms with E-state index in [4.69, 9.17) is 0 Å². The van der Waals surface area contributed by atoms with Crippen LogP contribution in [0.25, 0.3) is 0 Å². The van der Waals surface area contributed by atoms with Crippen molar-refractivity contribution in [2.24, 2.45) is 16.7 Å². The maximum atomic E-state index is 12.4. The van der Waals surface area contributed by atoms with Gasteiger partial charge in [0.15, 0.2) is 0 Å². The highest BCUT2D eigenvalue weighted by Crippen LogP contribution is 2.32. The molecule has 1 amide bonds. The molecule has 1 rings (SSSR count). The Bertz CT molecular complexity index is 278.